The zero-order chi connectivity index (χ0) is 23.8. The summed E-state index contributed by atoms with van der Waals surface area (Å²) in [5.74, 6) is -3.27. The molecule has 0 radical (unpaired) electrons. The number of esters is 1. The fraction of sp³-hybridized carbons (Fsp3) is 0.423. The number of hydrogen-bond donors (Lipinski definition) is 2. The van der Waals surface area contributed by atoms with Gasteiger partial charge in [-0.3, -0.25) is 4.79 Å². The first-order valence-corrected chi connectivity index (χ1v) is 11.4. The summed E-state index contributed by atoms with van der Waals surface area (Å²) in [6, 6.07) is 17.8. The number of benzene rings is 2. The third-order valence-electron chi connectivity index (χ3n) is 6.27. The van der Waals surface area contributed by atoms with Crippen LogP contribution in [-0.4, -0.2) is 59.3 Å². The van der Waals surface area contributed by atoms with Gasteiger partial charge in [-0.05, 0) is 61.4 Å². The van der Waals surface area contributed by atoms with Gasteiger partial charge in [0.15, 0.2) is 0 Å². The van der Waals surface area contributed by atoms with E-state index in [0.29, 0.717) is 12.5 Å². The highest BCUT2D eigenvalue weighted by atomic mass is 16.5. The molecule has 1 atom stereocenters. The molecule has 0 amide bonds. The molecule has 2 aromatic rings. The average Bonchev–Trinajstić information content (AvgIpc) is 2.97. The summed E-state index contributed by atoms with van der Waals surface area (Å²) in [6.07, 6.45) is 4.23. The molecule has 7 nitrogen and oxygen atoms in total. The largest absolute Gasteiger partial charge is 0.473 e. The van der Waals surface area contributed by atoms with Crippen LogP contribution in [0.15, 0.2) is 48.5 Å². The lowest BCUT2D eigenvalue weighted by atomic mass is 9.86. The Labute approximate surface area is 194 Å². The molecule has 1 aliphatic carbocycles. The lowest BCUT2D eigenvalue weighted by Crippen LogP contribution is -2.41. The summed E-state index contributed by atoms with van der Waals surface area (Å²) < 4.78 is 5.29. The normalized spacial score (nSPS) is 18.0. The number of carbonyl (C=O) groups is 3. The van der Waals surface area contributed by atoms with Crippen molar-refractivity contribution in [2.75, 3.05) is 26.2 Å². The minimum absolute atomic E-state index is 0.0231. The Morgan fingerprint density at radius 2 is 1.48 bits per heavy atom. The minimum atomic E-state index is -1.82. The molecule has 0 spiro atoms. The molecule has 2 aromatic carbocycles. The monoisotopic (exact) mass is 453 g/mol. The molecule has 1 fully saturated rings. The molecule has 33 heavy (non-hydrogen) atoms. The molecule has 1 heterocycles. The molecular weight excluding hydrogens is 422 g/mol. The highest BCUT2D eigenvalue weighted by Crippen LogP contribution is 2.35. The van der Waals surface area contributed by atoms with E-state index in [1.54, 1.807) is 0 Å². The Kier molecular flexibility index (Phi) is 8.60. The van der Waals surface area contributed by atoms with Crippen LogP contribution in [0.4, 0.5) is 0 Å². The van der Waals surface area contributed by atoms with Crippen LogP contribution in [0.1, 0.15) is 47.9 Å². The van der Waals surface area contributed by atoms with Gasteiger partial charge in [0.25, 0.3) is 0 Å². The number of piperidine rings is 1. The van der Waals surface area contributed by atoms with Gasteiger partial charge in [0.2, 0.25) is 0 Å². The van der Waals surface area contributed by atoms with E-state index in [-0.39, 0.29) is 11.9 Å². The van der Waals surface area contributed by atoms with E-state index in [9.17, 15) is 4.79 Å². The molecular formula is C26H31NO6. The number of likely N-dealkylation sites (tertiary alicyclic amines) is 1. The zero-order valence-electron chi connectivity index (χ0n) is 18.9. The van der Waals surface area contributed by atoms with Gasteiger partial charge in [-0.15, -0.1) is 0 Å². The molecule has 2 N–H and O–H groups in total. The number of nitrogens with zero attached hydrogens (tertiary/aromatic N) is 1. The lowest BCUT2D eigenvalue weighted by molar-refractivity contribution is -0.159. The average molecular weight is 454 g/mol. The van der Waals surface area contributed by atoms with Crippen molar-refractivity contribution in [2.45, 2.75) is 38.5 Å². The van der Waals surface area contributed by atoms with E-state index in [4.69, 9.17) is 24.5 Å². The number of fused-ring (bicyclic) bond motifs is 2. The number of aryl methyl sites for hydroxylation is 2. The van der Waals surface area contributed by atoms with Crippen LogP contribution in [0, 0.1) is 5.92 Å². The van der Waals surface area contributed by atoms with Gasteiger partial charge in [0.1, 0.15) is 0 Å². The maximum Gasteiger partial charge on any atom is 0.414 e. The van der Waals surface area contributed by atoms with Crippen molar-refractivity contribution < 1.29 is 29.3 Å². The predicted molar refractivity (Wildman–Crippen MR) is 123 cm³/mol. The highest BCUT2D eigenvalue weighted by molar-refractivity contribution is 6.27. The molecule has 1 unspecified atom stereocenters. The molecule has 7 heteroatoms. The molecule has 176 valence electrons. The minimum Gasteiger partial charge on any atom is -0.473 e. The van der Waals surface area contributed by atoms with Crippen LogP contribution in [0.3, 0.4) is 0 Å². The predicted octanol–water partition coefficient (Wildman–Crippen LogP) is 3.35. The van der Waals surface area contributed by atoms with Gasteiger partial charge in [-0.2, -0.15) is 0 Å². The van der Waals surface area contributed by atoms with Crippen molar-refractivity contribution in [2.24, 2.45) is 5.92 Å². The first-order valence-electron chi connectivity index (χ1n) is 11.4. The van der Waals surface area contributed by atoms with Crippen LogP contribution in [-0.2, 0) is 32.0 Å². The SMILES string of the molecule is CCOC(=O)C1CCCN(CC2c3ccccc3CCc3ccccc32)C1.O=C(O)C(=O)O. The maximum absolute atomic E-state index is 12.2. The summed E-state index contributed by atoms with van der Waals surface area (Å²) in [6.45, 7) is 5.22. The van der Waals surface area contributed by atoms with E-state index < -0.39 is 11.9 Å². The number of carboxylic acids is 2. The third kappa shape index (κ3) is 6.42. The summed E-state index contributed by atoms with van der Waals surface area (Å²) >= 11 is 0. The smallest absolute Gasteiger partial charge is 0.414 e. The van der Waals surface area contributed by atoms with Gasteiger partial charge < -0.3 is 19.8 Å². The van der Waals surface area contributed by atoms with Crippen molar-refractivity contribution in [3.8, 4) is 0 Å². The van der Waals surface area contributed by atoms with Crippen molar-refractivity contribution in [1.82, 2.24) is 4.90 Å². The summed E-state index contributed by atoms with van der Waals surface area (Å²) in [5, 5.41) is 14.8. The van der Waals surface area contributed by atoms with Crippen molar-refractivity contribution in [3.05, 3.63) is 70.8 Å². The van der Waals surface area contributed by atoms with Crippen LogP contribution in [0.2, 0.25) is 0 Å². The Hall–Kier alpha value is -3.19. The second-order valence-electron chi connectivity index (χ2n) is 8.41. The van der Waals surface area contributed by atoms with E-state index in [2.05, 4.69) is 53.4 Å². The molecule has 1 aliphatic heterocycles. The van der Waals surface area contributed by atoms with Crippen molar-refractivity contribution in [1.29, 1.82) is 0 Å². The number of ether oxygens (including phenoxy) is 1. The fourth-order valence-electron chi connectivity index (χ4n) is 4.77. The number of rotatable bonds is 4. The van der Waals surface area contributed by atoms with Crippen molar-refractivity contribution >= 4 is 17.9 Å². The summed E-state index contributed by atoms with van der Waals surface area (Å²) in [4.78, 5) is 32.9. The van der Waals surface area contributed by atoms with E-state index >= 15 is 0 Å². The maximum atomic E-state index is 12.2. The van der Waals surface area contributed by atoms with Crippen LogP contribution in [0.5, 0.6) is 0 Å². The first-order chi connectivity index (χ1) is 15.9. The molecule has 0 bridgehead atoms. The molecule has 0 saturated carbocycles. The summed E-state index contributed by atoms with van der Waals surface area (Å²) in [7, 11) is 0. The molecule has 0 aromatic heterocycles. The second kappa shape index (κ2) is 11.6. The third-order valence-corrected chi connectivity index (χ3v) is 6.27. The van der Waals surface area contributed by atoms with Crippen molar-refractivity contribution in [3.63, 3.8) is 0 Å². The zero-order valence-corrected chi connectivity index (χ0v) is 18.9. The van der Waals surface area contributed by atoms with Gasteiger partial charge in [0, 0.05) is 19.0 Å². The lowest BCUT2D eigenvalue weighted by Gasteiger charge is -2.34. The van der Waals surface area contributed by atoms with Gasteiger partial charge in [-0.25, -0.2) is 9.59 Å². The fourth-order valence-corrected chi connectivity index (χ4v) is 4.77. The highest BCUT2D eigenvalue weighted by Gasteiger charge is 2.30. The standard InChI is InChI=1S/C24H29NO2.C2H2O4/c1-2-27-24(26)20-10-7-15-25(16-20)17-23-21-11-5-3-8-18(21)13-14-19-9-4-6-12-22(19)23;3-1(4)2(5)6/h3-6,8-9,11-12,20,23H,2,7,10,13-17H2,1H3;(H,3,4)(H,5,6). The first kappa shape index (κ1) is 24.5. The van der Waals surface area contributed by atoms with Crippen LogP contribution in [0.25, 0.3) is 0 Å². The Morgan fingerprint density at radius 3 is 2.00 bits per heavy atom. The quantitative estimate of drug-likeness (QED) is 0.540. The second-order valence-corrected chi connectivity index (χ2v) is 8.41. The number of carboxylic acid groups (broad SMARTS) is 2. The number of aliphatic carboxylic acids is 2. The molecule has 1 saturated heterocycles. The molecule has 2 aliphatic rings. The van der Waals surface area contributed by atoms with Crippen LogP contribution >= 0.6 is 0 Å². The number of carbonyl (C=O) groups excluding carboxylic acids is 1. The van der Waals surface area contributed by atoms with E-state index in [1.807, 2.05) is 6.92 Å². The van der Waals surface area contributed by atoms with Gasteiger partial charge in [-0.1, -0.05) is 48.5 Å². The number of hydrogen-bond acceptors (Lipinski definition) is 5. The Morgan fingerprint density at radius 1 is 0.939 bits per heavy atom. The van der Waals surface area contributed by atoms with Gasteiger partial charge >= 0.3 is 17.9 Å². The van der Waals surface area contributed by atoms with Crippen LogP contribution < -0.4 is 0 Å². The van der Waals surface area contributed by atoms with E-state index in [1.165, 1.54) is 22.3 Å². The van der Waals surface area contributed by atoms with E-state index in [0.717, 1.165) is 45.3 Å². The Balaban J connectivity index is 0.000000454. The molecule has 4 rings (SSSR count). The summed E-state index contributed by atoms with van der Waals surface area (Å²) in [5.41, 5.74) is 5.86. The topological polar surface area (TPSA) is 104 Å². The Bertz CT molecular complexity index is 929. The van der Waals surface area contributed by atoms with Gasteiger partial charge in [0.05, 0.1) is 12.5 Å².